The zero-order valence-electron chi connectivity index (χ0n) is 11.5. The maximum absolute atomic E-state index is 6.01. The summed E-state index contributed by atoms with van der Waals surface area (Å²) < 4.78 is 1.78. The molecule has 2 heterocycles. The molecule has 0 fully saturated rings. The number of aromatic nitrogens is 3. The van der Waals surface area contributed by atoms with E-state index < -0.39 is 0 Å². The third-order valence-corrected chi connectivity index (χ3v) is 3.32. The maximum Gasteiger partial charge on any atom is 0.131 e. The molecule has 1 aromatic carbocycles. The minimum Gasteiger partial charge on any atom is -0.383 e. The number of hydrogen-bond acceptors (Lipinski definition) is 3. The van der Waals surface area contributed by atoms with Gasteiger partial charge in [-0.1, -0.05) is 29.8 Å². The number of rotatable bonds is 2. The molecule has 2 N–H and O–H groups in total. The molecule has 0 radical (unpaired) electrons. The topological polar surface area (TPSA) is 56.7 Å². The molecule has 0 spiro atoms. The van der Waals surface area contributed by atoms with Gasteiger partial charge in [0.2, 0.25) is 0 Å². The molecular weight excluding hydrogens is 248 g/mol. The van der Waals surface area contributed by atoms with Gasteiger partial charge >= 0.3 is 0 Å². The summed E-state index contributed by atoms with van der Waals surface area (Å²) in [5.74, 6) is 0.543. The van der Waals surface area contributed by atoms with Crippen molar-refractivity contribution in [3.8, 4) is 22.3 Å². The molecule has 3 rings (SSSR count). The Hall–Kier alpha value is -2.62. The van der Waals surface area contributed by atoms with Crippen LogP contribution >= 0.6 is 0 Å². The molecule has 0 atom stereocenters. The van der Waals surface area contributed by atoms with Crippen LogP contribution < -0.4 is 5.73 Å². The van der Waals surface area contributed by atoms with Crippen molar-refractivity contribution in [1.82, 2.24) is 14.8 Å². The highest BCUT2D eigenvalue weighted by Gasteiger charge is 2.08. The van der Waals surface area contributed by atoms with Crippen LogP contribution in [0, 0.1) is 6.92 Å². The molecule has 0 amide bonds. The van der Waals surface area contributed by atoms with Crippen LogP contribution in [0.15, 0.2) is 48.9 Å². The summed E-state index contributed by atoms with van der Waals surface area (Å²) in [5.41, 5.74) is 11.3. The van der Waals surface area contributed by atoms with Crippen LogP contribution in [0.2, 0.25) is 0 Å². The summed E-state index contributed by atoms with van der Waals surface area (Å²) in [7, 11) is 1.90. The highest BCUT2D eigenvalue weighted by molar-refractivity contribution is 5.79. The highest BCUT2D eigenvalue weighted by Crippen LogP contribution is 2.29. The second-order valence-electron chi connectivity index (χ2n) is 4.93. The lowest BCUT2D eigenvalue weighted by atomic mass is 10.0. The van der Waals surface area contributed by atoms with E-state index >= 15 is 0 Å². The first-order valence-corrected chi connectivity index (χ1v) is 6.45. The Kier molecular flexibility index (Phi) is 2.99. The summed E-state index contributed by atoms with van der Waals surface area (Å²) in [5, 5.41) is 4.19. The van der Waals surface area contributed by atoms with E-state index in [4.69, 9.17) is 5.73 Å². The van der Waals surface area contributed by atoms with Crippen LogP contribution in [0.25, 0.3) is 22.3 Å². The molecule has 0 aliphatic rings. The standard InChI is InChI=1S/C16H16N4/c1-11-3-5-12(6-4-11)15-7-13(8-18-16(15)17)14-9-19-20(2)10-14/h3-10H,1-2H3,(H2,17,18). The summed E-state index contributed by atoms with van der Waals surface area (Å²) in [4.78, 5) is 4.30. The zero-order chi connectivity index (χ0) is 14.1. The second kappa shape index (κ2) is 4.81. The van der Waals surface area contributed by atoms with Crippen molar-refractivity contribution < 1.29 is 0 Å². The van der Waals surface area contributed by atoms with Crippen molar-refractivity contribution in [2.75, 3.05) is 5.73 Å². The van der Waals surface area contributed by atoms with Gasteiger partial charge in [-0.3, -0.25) is 4.68 Å². The summed E-state index contributed by atoms with van der Waals surface area (Å²) in [6.07, 6.45) is 5.57. The number of hydrogen-bond donors (Lipinski definition) is 1. The molecule has 0 saturated heterocycles. The van der Waals surface area contributed by atoms with Gasteiger partial charge in [0.15, 0.2) is 0 Å². The molecule has 3 aromatic rings. The highest BCUT2D eigenvalue weighted by atomic mass is 15.2. The zero-order valence-corrected chi connectivity index (χ0v) is 11.5. The van der Waals surface area contributed by atoms with E-state index in [2.05, 4.69) is 47.3 Å². The van der Waals surface area contributed by atoms with Crippen LogP contribution in [0.3, 0.4) is 0 Å². The predicted molar refractivity (Wildman–Crippen MR) is 81.0 cm³/mol. The van der Waals surface area contributed by atoms with Gasteiger partial charge in [-0.2, -0.15) is 5.10 Å². The van der Waals surface area contributed by atoms with Crippen molar-refractivity contribution in [3.05, 3.63) is 54.5 Å². The summed E-state index contributed by atoms with van der Waals surface area (Å²) in [6.45, 7) is 2.07. The van der Waals surface area contributed by atoms with Crippen LogP contribution in [0.1, 0.15) is 5.56 Å². The van der Waals surface area contributed by atoms with E-state index in [0.29, 0.717) is 5.82 Å². The second-order valence-corrected chi connectivity index (χ2v) is 4.93. The molecule has 0 saturated carbocycles. The van der Waals surface area contributed by atoms with Gasteiger partial charge in [-0.05, 0) is 18.6 Å². The van der Waals surface area contributed by atoms with Gasteiger partial charge in [0.05, 0.1) is 6.20 Å². The van der Waals surface area contributed by atoms with Gasteiger partial charge in [-0.15, -0.1) is 0 Å². The normalized spacial score (nSPS) is 10.7. The molecule has 4 nitrogen and oxygen atoms in total. The van der Waals surface area contributed by atoms with Crippen molar-refractivity contribution >= 4 is 5.82 Å². The Balaban J connectivity index is 2.09. The maximum atomic E-state index is 6.01. The lowest BCUT2D eigenvalue weighted by molar-refractivity contribution is 0.768. The first kappa shape index (κ1) is 12.4. The number of nitrogens with two attached hydrogens (primary N) is 1. The summed E-state index contributed by atoms with van der Waals surface area (Å²) >= 11 is 0. The number of nitrogen functional groups attached to an aromatic ring is 1. The first-order valence-electron chi connectivity index (χ1n) is 6.45. The Morgan fingerprint density at radius 1 is 1.00 bits per heavy atom. The van der Waals surface area contributed by atoms with Gasteiger partial charge < -0.3 is 5.73 Å². The third kappa shape index (κ3) is 2.28. The molecule has 0 bridgehead atoms. The lowest BCUT2D eigenvalue weighted by Gasteiger charge is -2.07. The van der Waals surface area contributed by atoms with E-state index in [0.717, 1.165) is 22.3 Å². The molecule has 0 aliphatic carbocycles. The molecule has 2 aromatic heterocycles. The van der Waals surface area contributed by atoms with E-state index in [1.165, 1.54) is 5.56 Å². The van der Waals surface area contributed by atoms with E-state index in [1.807, 2.05) is 19.4 Å². The fourth-order valence-corrected chi connectivity index (χ4v) is 2.17. The molecule has 0 unspecified atom stereocenters. The van der Waals surface area contributed by atoms with Gasteiger partial charge in [0, 0.05) is 36.1 Å². The number of benzene rings is 1. The van der Waals surface area contributed by atoms with E-state index in [-0.39, 0.29) is 0 Å². The van der Waals surface area contributed by atoms with Crippen molar-refractivity contribution in [2.45, 2.75) is 6.92 Å². The fourth-order valence-electron chi connectivity index (χ4n) is 2.17. The molecule has 4 heteroatoms. The number of anilines is 1. The van der Waals surface area contributed by atoms with Crippen molar-refractivity contribution in [2.24, 2.45) is 7.05 Å². The van der Waals surface area contributed by atoms with Gasteiger partial charge in [-0.25, -0.2) is 4.98 Å². The summed E-state index contributed by atoms with van der Waals surface area (Å²) in [6, 6.07) is 10.3. The largest absolute Gasteiger partial charge is 0.383 e. The van der Waals surface area contributed by atoms with Crippen molar-refractivity contribution in [3.63, 3.8) is 0 Å². The average molecular weight is 264 g/mol. The Labute approximate surface area is 117 Å². The van der Waals surface area contributed by atoms with Crippen molar-refractivity contribution in [1.29, 1.82) is 0 Å². The Bertz CT molecular complexity index is 741. The quantitative estimate of drug-likeness (QED) is 0.774. The average Bonchev–Trinajstić information content (AvgIpc) is 2.87. The first-order chi connectivity index (χ1) is 9.63. The third-order valence-electron chi connectivity index (χ3n) is 3.32. The molecule has 100 valence electrons. The lowest BCUT2D eigenvalue weighted by Crippen LogP contribution is -1.94. The number of nitrogens with zero attached hydrogens (tertiary/aromatic N) is 3. The van der Waals surface area contributed by atoms with Crippen LogP contribution in [-0.2, 0) is 7.05 Å². The SMILES string of the molecule is Cc1ccc(-c2cc(-c3cnn(C)c3)cnc2N)cc1. The fraction of sp³-hybridized carbons (Fsp3) is 0.125. The van der Waals surface area contributed by atoms with Crippen LogP contribution in [0.5, 0.6) is 0 Å². The minimum atomic E-state index is 0.543. The molecule has 0 aliphatic heterocycles. The smallest absolute Gasteiger partial charge is 0.131 e. The van der Waals surface area contributed by atoms with Crippen LogP contribution in [-0.4, -0.2) is 14.8 Å². The van der Waals surface area contributed by atoms with E-state index in [1.54, 1.807) is 10.9 Å². The van der Waals surface area contributed by atoms with Gasteiger partial charge in [0.1, 0.15) is 5.82 Å². The molecule has 20 heavy (non-hydrogen) atoms. The molecular formula is C16H16N4. The number of aryl methyl sites for hydroxylation is 2. The van der Waals surface area contributed by atoms with Gasteiger partial charge in [0.25, 0.3) is 0 Å². The Morgan fingerprint density at radius 3 is 2.40 bits per heavy atom. The predicted octanol–water partition coefficient (Wildman–Crippen LogP) is 3.04. The van der Waals surface area contributed by atoms with Crippen LogP contribution in [0.4, 0.5) is 5.82 Å². The monoisotopic (exact) mass is 264 g/mol. The van der Waals surface area contributed by atoms with E-state index in [9.17, 15) is 0 Å². The Morgan fingerprint density at radius 2 is 1.75 bits per heavy atom. The minimum absolute atomic E-state index is 0.543. The number of pyridine rings is 1.